The molecule has 0 aromatic rings. The SMILES string of the molecule is CCNC1COCC1C(=O)NCC1(O)CCC1. The molecule has 0 spiro atoms. The van der Waals surface area contributed by atoms with Crippen molar-refractivity contribution in [3.8, 4) is 0 Å². The van der Waals surface area contributed by atoms with Gasteiger partial charge in [0.1, 0.15) is 0 Å². The Labute approximate surface area is 102 Å². The summed E-state index contributed by atoms with van der Waals surface area (Å²) >= 11 is 0. The molecule has 3 N–H and O–H groups in total. The molecule has 5 nitrogen and oxygen atoms in total. The minimum Gasteiger partial charge on any atom is -0.388 e. The molecule has 0 aromatic carbocycles. The van der Waals surface area contributed by atoms with Gasteiger partial charge in [0.05, 0.1) is 24.7 Å². The van der Waals surface area contributed by atoms with E-state index in [-0.39, 0.29) is 17.9 Å². The maximum Gasteiger partial charge on any atom is 0.227 e. The molecule has 1 amide bonds. The number of ether oxygens (including phenoxy) is 1. The molecule has 2 rings (SSSR count). The lowest BCUT2D eigenvalue weighted by Crippen LogP contribution is -2.51. The van der Waals surface area contributed by atoms with E-state index in [2.05, 4.69) is 10.6 Å². The Bertz CT molecular complexity index is 279. The molecular weight excluding hydrogens is 220 g/mol. The van der Waals surface area contributed by atoms with Crippen LogP contribution in [0.5, 0.6) is 0 Å². The van der Waals surface area contributed by atoms with Crippen LogP contribution in [0.4, 0.5) is 0 Å². The van der Waals surface area contributed by atoms with Gasteiger partial charge in [-0.05, 0) is 25.8 Å². The molecule has 0 aromatic heterocycles. The predicted octanol–water partition coefficient (Wildman–Crippen LogP) is -0.358. The van der Waals surface area contributed by atoms with Crippen LogP contribution < -0.4 is 10.6 Å². The van der Waals surface area contributed by atoms with E-state index in [1.54, 1.807) is 0 Å². The van der Waals surface area contributed by atoms with Gasteiger partial charge >= 0.3 is 0 Å². The second-order valence-electron chi connectivity index (χ2n) is 5.10. The average Bonchev–Trinajstić information content (AvgIpc) is 2.72. The third-order valence-corrected chi connectivity index (χ3v) is 3.76. The van der Waals surface area contributed by atoms with Gasteiger partial charge in [-0.3, -0.25) is 4.79 Å². The first-order valence-electron chi connectivity index (χ1n) is 6.46. The number of carbonyl (C=O) groups excluding carboxylic acids is 1. The normalized spacial score (nSPS) is 30.9. The summed E-state index contributed by atoms with van der Waals surface area (Å²) in [6, 6.07) is 0.107. The fourth-order valence-corrected chi connectivity index (χ4v) is 2.42. The molecule has 2 unspecified atom stereocenters. The van der Waals surface area contributed by atoms with Gasteiger partial charge in [-0.1, -0.05) is 6.92 Å². The standard InChI is InChI=1S/C12H22N2O3/c1-2-13-10-7-17-6-9(10)11(15)14-8-12(16)4-3-5-12/h9-10,13,16H,2-8H2,1H3,(H,14,15). The lowest BCUT2D eigenvalue weighted by molar-refractivity contribution is -0.127. The Kier molecular flexibility index (Phi) is 4.01. The average molecular weight is 242 g/mol. The van der Waals surface area contributed by atoms with Crippen molar-refractivity contribution in [3.05, 3.63) is 0 Å². The minimum absolute atomic E-state index is 0.00576. The lowest BCUT2D eigenvalue weighted by Gasteiger charge is -2.36. The highest BCUT2D eigenvalue weighted by Crippen LogP contribution is 2.30. The smallest absolute Gasteiger partial charge is 0.227 e. The van der Waals surface area contributed by atoms with E-state index < -0.39 is 5.60 Å². The zero-order chi connectivity index (χ0) is 12.3. The molecule has 98 valence electrons. The quantitative estimate of drug-likeness (QED) is 0.616. The van der Waals surface area contributed by atoms with Crippen molar-refractivity contribution in [1.29, 1.82) is 0 Å². The zero-order valence-electron chi connectivity index (χ0n) is 10.4. The molecular formula is C12H22N2O3. The molecule has 2 aliphatic rings. The number of likely N-dealkylation sites (N-methyl/N-ethyl adjacent to an activating group) is 1. The maximum atomic E-state index is 12.0. The highest BCUT2D eigenvalue weighted by Gasteiger charge is 2.37. The van der Waals surface area contributed by atoms with Crippen LogP contribution in [0.25, 0.3) is 0 Å². The van der Waals surface area contributed by atoms with E-state index >= 15 is 0 Å². The van der Waals surface area contributed by atoms with E-state index in [9.17, 15) is 9.90 Å². The molecule has 2 atom stereocenters. The van der Waals surface area contributed by atoms with Gasteiger partial charge in [0.15, 0.2) is 0 Å². The number of hydrogen-bond donors (Lipinski definition) is 3. The summed E-state index contributed by atoms with van der Waals surface area (Å²) in [6.45, 7) is 4.30. The second-order valence-corrected chi connectivity index (χ2v) is 5.10. The number of rotatable bonds is 5. The van der Waals surface area contributed by atoms with Gasteiger partial charge in [-0.2, -0.15) is 0 Å². The van der Waals surface area contributed by atoms with Crippen LogP contribution in [0.2, 0.25) is 0 Å². The summed E-state index contributed by atoms with van der Waals surface area (Å²) in [5, 5.41) is 16.0. The van der Waals surface area contributed by atoms with E-state index in [0.29, 0.717) is 19.8 Å². The number of amides is 1. The van der Waals surface area contributed by atoms with E-state index in [1.807, 2.05) is 6.92 Å². The van der Waals surface area contributed by atoms with Gasteiger partial charge in [0.25, 0.3) is 0 Å². The minimum atomic E-state index is -0.650. The third-order valence-electron chi connectivity index (χ3n) is 3.76. The fourth-order valence-electron chi connectivity index (χ4n) is 2.42. The Hall–Kier alpha value is -0.650. The first-order chi connectivity index (χ1) is 8.14. The molecule has 1 heterocycles. The van der Waals surface area contributed by atoms with Crippen molar-refractivity contribution in [2.75, 3.05) is 26.3 Å². The number of carbonyl (C=O) groups is 1. The van der Waals surface area contributed by atoms with E-state index in [4.69, 9.17) is 4.74 Å². The molecule has 1 saturated heterocycles. The Balaban J connectivity index is 1.78. The van der Waals surface area contributed by atoms with E-state index in [1.165, 1.54) is 0 Å². The van der Waals surface area contributed by atoms with Crippen molar-refractivity contribution in [2.45, 2.75) is 37.8 Å². The topological polar surface area (TPSA) is 70.6 Å². The first kappa shape index (κ1) is 12.8. The van der Waals surface area contributed by atoms with Crippen molar-refractivity contribution in [1.82, 2.24) is 10.6 Å². The fraction of sp³-hybridized carbons (Fsp3) is 0.917. The van der Waals surface area contributed by atoms with Gasteiger partial charge in [-0.15, -0.1) is 0 Å². The molecule has 5 heteroatoms. The van der Waals surface area contributed by atoms with Gasteiger partial charge < -0.3 is 20.5 Å². The first-order valence-corrected chi connectivity index (χ1v) is 6.46. The van der Waals surface area contributed by atoms with Crippen LogP contribution in [0.1, 0.15) is 26.2 Å². The number of aliphatic hydroxyl groups is 1. The maximum absolute atomic E-state index is 12.0. The van der Waals surface area contributed by atoms with E-state index in [0.717, 1.165) is 25.8 Å². The monoisotopic (exact) mass is 242 g/mol. The largest absolute Gasteiger partial charge is 0.388 e. The Morgan fingerprint density at radius 1 is 1.47 bits per heavy atom. The van der Waals surface area contributed by atoms with Crippen LogP contribution in [0, 0.1) is 5.92 Å². The lowest BCUT2D eigenvalue weighted by atomic mass is 9.80. The summed E-state index contributed by atoms with van der Waals surface area (Å²) in [5.74, 6) is -0.132. The molecule has 2 fully saturated rings. The van der Waals surface area contributed by atoms with Gasteiger partial charge in [0.2, 0.25) is 5.91 Å². The zero-order valence-corrected chi connectivity index (χ0v) is 10.4. The third kappa shape index (κ3) is 2.97. The molecule has 0 radical (unpaired) electrons. The molecule has 1 saturated carbocycles. The summed E-state index contributed by atoms with van der Waals surface area (Å²) in [7, 11) is 0. The number of nitrogens with one attached hydrogen (secondary N) is 2. The van der Waals surface area contributed by atoms with Crippen molar-refractivity contribution in [2.24, 2.45) is 5.92 Å². The molecule has 0 bridgehead atoms. The van der Waals surface area contributed by atoms with Crippen molar-refractivity contribution in [3.63, 3.8) is 0 Å². The predicted molar refractivity (Wildman–Crippen MR) is 63.6 cm³/mol. The highest BCUT2D eigenvalue weighted by molar-refractivity contribution is 5.80. The highest BCUT2D eigenvalue weighted by atomic mass is 16.5. The summed E-state index contributed by atoms with van der Waals surface area (Å²) in [5.41, 5.74) is -0.650. The van der Waals surface area contributed by atoms with Crippen LogP contribution in [0.15, 0.2) is 0 Å². The van der Waals surface area contributed by atoms with Gasteiger partial charge in [-0.25, -0.2) is 0 Å². The van der Waals surface area contributed by atoms with Crippen LogP contribution in [0.3, 0.4) is 0 Å². The Morgan fingerprint density at radius 3 is 2.82 bits per heavy atom. The van der Waals surface area contributed by atoms with Crippen molar-refractivity contribution >= 4 is 5.91 Å². The molecule has 1 aliphatic heterocycles. The summed E-state index contributed by atoms with van der Waals surface area (Å²) < 4.78 is 5.33. The second kappa shape index (κ2) is 5.33. The summed E-state index contributed by atoms with van der Waals surface area (Å²) in [6.07, 6.45) is 2.65. The van der Waals surface area contributed by atoms with Crippen LogP contribution >= 0.6 is 0 Å². The summed E-state index contributed by atoms with van der Waals surface area (Å²) in [4.78, 5) is 12.0. The van der Waals surface area contributed by atoms with Crippen molar-refractivity contribution < 1.29 is 14.6 Å². The molecule has 1 aliphatic carbocycles. The van der Waals surface area contributed by atoms with Gasteiger partial charge in [0, 0.05) is 12.6 Å². The van der Waals surface area contributed by atoms with Crippen LogP contribution in [-0.2, 0) is 9.53 Å². The Morgan fingerprint density at radius 2 is 2.24 bits per heavy atom. The number of hydrogen-bond acceptors (Lipinski definition) is 4. The molecule has 17 heavy (non-hydrogen) atoms. The van der Waals surface area contributed by atoms with Crippen LogP contribution in [-0.4, -0.2) is 49.0 Å².